The molecule has 1 amide bonds. The second kappa shape index (κ2) is 8.05. The van der Waals surface area contributed by atoms with E-state index in [1.54, 1.807) is 0 Å². The summed E-state index contributed by atoms with van der Waals surface area (Å²) in [7, 11) is 0. The van der Waals surface area contributed by atoms with Crippen LogP contribution in [0.1, 0.15) is 45.7 Å². The largest absolute Gasteiger partial charge is 0.349 e. The zero-order chi connectivity index (χ0) is 15.1. The molecule has 0 saturated heterocycles. The van der Waals surface area contributed by atoms with Gasteiger partial charge in [0.15, 0.2) is 0 Å². The van der Waals surface area contributed by atoms with Crippen LogP contribution in [-0.4, -0.2) is 12.5 Å². The monoisotopic (exact) mass is 276 g/mol. The molecule has 3 N–H and O–H groups in total. The van der Waals surface area contributed by atoms with Gasteiger partial charge in [0.1, 0.15) is 0 Å². The predicted octanol–water partition coefficient (Wildman–Crippen LogP) is 3.12. The van der Waals surface area contributed by atoms with E-state index in [1.807, 2.05) is 18.2 Å². The Balaban J connectivity index is 2.78. The van der Waals surface area contributed by atoms with Crippen LogP contribution in [0.3, 0.4) is 0 Å². The lowest BCUT2D eigenvalue weighted by molar-refractivity contribution is -0.126. The maximum absolute atomic E-state index is 12.4. The smallest absolute Gasteiger partial charge is 0.224 e. The fourth-order valence-corrected chi connectivity index (χ4v) is 2.45. The van der Waals surface area contributed by atoms with E-state index in [9.17, 15) is 4.79 Å². The molecule has 3 heteroatoms. The van der Waals surface area contributed by atoms with E-state index < -0.39 is 0 Å². The van der Waals surface area contributed by atoms with Gasteiger partial charge in [-0.05, 0) is 23.8 Å². The number of rotatable bonds is 7. The summed E-state index contributed by atoms with van der Waals surface area (Å²) in [6.07, 6.45) is 0.835. The van der Waals surface area contributed by atoms with Gasteiger partial charge < -0.3 is 11.1 Å². The van der Waals surface area contributed by atoms with Crippen molar-refractivity contribution in [2.24, 2.45) is 23.5 Å². The number of nitrogens with two attached hydrogens (primary N) is 1. The third kappa shape index (κ3) is 4.97. The molecule has 0 bridgehead atoms. The number of nitrogens with one attached hydrogen (secondary N) is 1. The molecule has 0 aliphatic carbocycles. The molecule has 1 rings (SSSR count). The number of carbonyl (C=O) groups is 1. The number of carbonyl (C=O) groups excluding carboxylic acids is 1. The minimum absolute atomic E-state index is 0.0462. The highest BCUT2D eigenvalue weighted by Gasteiger charge is 2.23. The summed E-state index contributed by atoms with van der Waals surface area (Å²) in [4.78, 5) is 12.4. The SMILES string of the molecule is CC(C)CC(CN)C(=O)NC(c1ccccc1)C(C)C. The number of benzene rings is 1. The van der Waals surface area contributed by atoms with Crippen molar-refractivity contribution in [1.82, 2.24) is 5.32 Å². The van der Waals surface area contributed by atoms with Gasteiger partial charge in [-0.25, -0.2) is 0 Å². The summed E-state index contributed by atoms with van der Waals surface area (Å²) in [5.74, 6) is 0.797. The van der Waals surface area contributed by atoms with E-state index in [1.165, 1.54) is 0 Å². The summed E-state index contributed by atoms with van der Waals surface area (Å²) >= 11 is 0. The van der Waals surface area contributed by atoms with Crippen molar-refractivity contribution in [3.8, 4) is 0 Å². The molecule has 0 saturated carbocycles. The van der Waals surface area contributed by atoms with Gasteiger partial charge >= 0.3 is 0 Å². The van der Waals surface area contributed by atoms with Crippen LogP contribution in [0.4, 0.5) is 0 Å². The lowest BCUT2D eigenvalue weighted by atomic mass is 9.93. The highest BCUT2D eigenvalue weighted by molar-refractivity contribution is 5.79. The van der Waals surface area contributed by atoms with Gasteiger partial charge in [-0.3, -0.25) is 4.79 Å². The maximum Gasteiger partial charge on any atom is 0.224 e. The fraction of sp³-hybridized carbons (Fsp3) is 0.588. The molecule has 0 aliphatic rings. The van der Waals surface area contributed by atoms with Crippen molar-refractivity contribution in [2.45, 2.75) is 40.2 Å². The summed E-state index contributed by atoms with van der Waals surface area (Å²) in [6.45, 7) is 8.89. The lowest BCUT2D eigenvalue weighted by Gasteiger charge is -2.26. The van der Waals surface area contributed by atoms with E-state index in [0.717, 1.165) is 12.0 Å². The molecule has 2 unspecified atom stereocenters. The summed E-state index contributed by atoms with van der Waals surface area (Å²) in [6, 6.07) is 10.2. The molecule has 112 valence electrons. The van der Waals surface area contributed by atoms with Crippen molar-refractivity contribution in [3.63, 3.8) is 0 Å². The fourth-order valence-electron chi connectivity index (χ4n) is 2.45. The first-order valence-electron chi connectivity index (χ1n) is 7.51. The van der Waals surface area contributed by atoms with Gasteiger partial charge in [0, 0.05) is 6.54 Å². The average Bonchev–Trinajstić information content (AvgIpc) is 2.42. The summed E-state index contributed by atoms with van der Waals surface area (Å²) < 4.78 is 0. The van der Waals surface area contributed by atoms with Gasteiger partial charge in [-0.1, -0.05) is 58.0 Å². The normalized spacial score (nSPS) is 14.3. The van der Waals surface area contributed by atoms with Crippen LogP contribution in [0.25, 0.3) is 0 Å². The minimum atomic E-state index is -0.0973. The Morgan fingerprint density at radius 2 is 1.75 bits per heavy atom. The van der Waals surface area contributed by atoms with Crippen LogP contribution in [0, 0.1) is 17.8 Å². The first kappa shape index (κ1) is 16.7. The molecule has 0 fully saturated rings. The Morgan fingerprint density at radius 3 is 2.20 bits per heavy atom. The Hall–Kier alpha value is -1.35. The predicted molar refractivity (Wildman–Crippen MR) is 84.2 cm³/mol. The highest BCUT2D eigenvalue weighted by Crippen LogP contribution is 2.22. The van der Waals surface area contributed by atoms with E-state index in [0.29, 0.717) is 18.4 Å². The zero-order valence-corrected chi connectivity index (χ0v) is 13.1. The molecule has 20 heavy (non-hydrogen) atoms. The second-order valence-corrected chi connectivity index (χ2v) is 6.20. The molecule has 2 atom stereocenters. The molecule has 1 aromatic carbocycles. The van der Waals surface area contributed by atoms with Crippen LogP contribution in [-0.2, 0) is 4.79 Å². The number of amides is 1. The van der Waals surface area contributed by atoms with Crippen LogP contribution < -0.4 is 11.1 Å². The highest BCUT2D eigenvalue weighted by atomic mass is 16.1. The lowest BCUT2D eigenvalue weighted by Crippen LogP contribution is -2.39. The average molecular weight is 276 g/mol. The minimum Gasteiger partial charge on any atom is -0.349 e. The van der Waals surface area contributed by atoms with Gasteiger partial charge in [-0.15, -0.1) is 0 Å². The van der Waals surface area contributed by atoms with E-state index in [-0.39, 0.29) is 17.9 Å². The molecule has 1 aromatic rings. The van der Waals surface area contributed by atoms with E-state index in [2.05, 4.69) is 45.1 Å². The van der Waals surface area contributed by atoms with E-state index in [4.69, 9.17) is 5.73 Å². The Labute approximate surface area is 122 Å². The zero-order valence-electron chi connectivity index (χ0n) is 13.1. The Morgan fingerprint density at radius 1 is 1.15 bits per heavy atom. The van der Waals surface area contributed by atoms with Crippen LogP contribution in [0.5, 0.6) is 0 Å². The molecule has 0 radical (unpaired) electrons. The van der Waals surface area contributed by atoms with Gasteiger partial charge in [0.2, 0.25) is 5.91 Å². The molecule has 0 spiro atoms. The summed E-state index contributed by atoms with van der Waals surface area (Å²) in [5.41, 5.74) is 6.90. The first-order chi connectivity index (χ1) is 9.45. The van der Waals surface area contributed by atoms with Gasteiger partial charge in [0.05, 0.1) is 12.0 Å². The number of hydrogen-bond acceptors (Lipinski definition) is 2. The van der Waals surface area contributed by atoms with Crippen LogP contribution in [0.15, 0.2) is 30.3 Å². The van der Waals surface area contributed by atoms with Crippen molar-refractivity contribution >= 4 is 5.91 Å². The van der Waals surface area contributed by atoms with Crippen molar-refractivity contribution in [3.05, 3.63) is 35.9 Å². The summed E-state index contributed by atoms with van der Waals surface area (Å²) in [5, 5.41) is 3.17. The topological polar surface area (TPSA) is 55.1 Å². The van der Waals surface area contributed by atoms with E-state index >= 15 is 0 Å². The van der Waals surface area contributed by atoms with Crippen LogP contribution >= 0.6 is 0 Å². The molecule has 0 heterocycles. The van der Waals surface area contributed by atoms with Crippen molar-refractivity contribution in [2.75, 3.05) is 6.54 Å². The molecular formula is C17H28N2O. The quantitative estimate of drug-likeness (QED) is 0.804. The van der Waals surface area contributed by atoms with Crippen LogP contribution in [0.2, 0.25) is 0 Å². The maximum atomic E-state index is 12.4. The molecular weight excluding hydrogens is 248 g/mol. The van der Waals surface area contributed by atoms with Gasteiger partial charge in [-0.2, -0.15) is 0 Å². The Bertz CT molecular complexity index is 401. The van der Waals surface area contributed by atoms with Crippen molar-refractivity contribution < 1.29 is 4.79 Å². The second-order valence-electron chi connectivity index (χ2n) is 6.20. The third-order valence-electron chi connectivity index (χ3n) is 3.53. The third-order valence-corrected chi connectivity index (χ3v) is 3.53. The van der Waals surface area contributed by atoms with Gasteiger partial charge in [0.25, 0.3) is 0 Å². The number of hydrogen-bond donors (Lipinski definition) is 2. The Kier molecular flexibility index (Phi) is 6.73. The first-order valence-corrected chi connectivity index (χ1v) is 7.51. The molecule has 3 nitrogen and oxygen atoms in total. The molecule has 0 aromatic heterocycles. The standard InChI is InChI=1S/C17H28N2O/c1-12(2)10-15(11-18)17(20)19-16(13(3)4)14-8-6-5-7-9-14/h5-9,12-13,15-16H,10-11,18H2,1-4H3,(H,19,20). The van der Waals surface area contributed by atoms with Crippen molar-refractivity contribution in [1.29, 1.82) is 0 Å². The molecule has 0 aliphatic heterocycles.